The van der Waals surface area contributed by atoms with Crippen molar-refractivity contribution in [2.75, 3.05) is 0 Å². The second-order valence-corrected chi connectivity index (χ2v) is 11.8. The van der Waals surface area contributed by atoms with Gasteiger partial charge in [0.1, 0.15) is 24.1 Å². The summed E-state index contributed by atoms with van der Waals surface area (Å²) in [6, 6.07) is 24.8. The molecule has 4 N–H and O–H groups in total. The van der Waals surface area contributed by atoms with Crippen LogP contribution in [0.4, 0.5) is 4.79 Å². The number of benzene rings is 3. The lowest BCUT2D eigenvalue weighted by Crippen LogP contribution is -2.50. The Bertz CT molecular complexity index is 1260. The number of hydrogen-bond donors (Lipinski definition) is 3. The van der Waals surface area contributed by atoms with Crippen molar-refractivity contribution in [3.8, 4) is 11.5 Å². The minimum atomic E-state index is -4.23. The number of carbonyl (C=O) groups is 3. The van der Waals surface area contributed by atoms with Crippen LogP contribution in [0.3, 0.4) is 0 Å². The highest BCUT2D eigenvalue weighted by Crippen LogP contribution is 2.53. The zero-order chi connectivity index (χ0) is 29.7. The number of primary amides is 1. The lowest BCUT2D eigenvalue weighted by molar-refractivity contribution is -0.124. The number of amides is 3. The van der Waals surface area contributed by atoms with Gasteiger partial charge >= 0.3 is 13.7 Å². The highest BCUT2D eigenvalue weighted by Gasteiger charge is 2.42. The second kappa shape index (κ2) is 15.5. The van der Waals surface area contributed by atoms with Gasteiger partial charge in [-0.1, -0.05) is 80.6 Å². The Morgan fingerprint density at radius 1 is 0.805 bits per heavy atom. The number of nitrogens with two attached hydrogens (primary N) is 1. The van der Waals surface area contributed by atoms with Crippen LogP contribution in [0.25, 0.3) is 0 Å². The highest BCUT2D eigenvalue weighted by molar-refractivity contribution is 7.55. The lowest BCUT2D eigenvalue weighted by Gasteiger charge is -2.29. The van der Waals surface area contributed by atoms with Crippen molar-refractivity contribution in [3.63, 3.8) is 0 Å². The fraction of sp³-hybridized carbons (Fsp3) is 0.300. The van der Waals surface area contributed by atoms with Crippen molar-refractivity contribution in [2.24, 2.45) is 11.7 Å². The molecule has 0 aromatic heterocycles. The van der Waals surface area contributed by atoms with Crippen LogP contribution in [0, 0.1) is 5.92 Å². The zero-order valence-electron chi connectivity index (χ0n) is 23.1. The van der Waals surface area contributed by atoms with Gasteiger partial charge in [0.25, 0.3) is 0 Å². The van der Waals surface area contributed by atoms with Crippen molar-refractivity contribution in [1.82, 2.24) is 10.6 Å². The summed E-state index contributed by atoms with van der Waals surface area (Å²) in [5.74, 6) is -2.08. The van der Waals surface area contributed by atoms with Gasteiger partial charge < -0.3 is 30.2 Å². The summed E-state index contributed by atoms with van der Waals surface area (Å²) in [5.41, 5.74) is 6.18. The zero-order valence-corrected chi connectivity index (χ0v) is 24.0. The monoisotopic (exact) mass is 581 g/mol. The molecule has 2 atom stereocenters. The van der Waals surface area contributed by atoms with E-state index in [1.54, 1.807) is 60.7 Å². The SMILES string of the molecule is CC(C)CC(NC(=O)OCc1ccccc1)C(=O)NC(CCC(N)=O)P(=O)(Oc1ccccc1)Oc1ccccc1. The van der Waals surface area contributed by atoms with Crippen molar-refractivity contribution in [1.29, 1.82) is 0 Å². The second-order valence-electron chi connectivity index (χ2n) is 9.77. The van der Waals surface area contributed by atoms with Crippen LogP contribution in [0.1, 0.15) is 38.7 Å². The molecule has 0 aliphatic rings. The molecule has 0 saturated heterocycles. The van der Waals surface area contributed by atoms with Crippen LogP contribution in [0.2, 0.25) is 0 Å². The molecule has 0 saturated carbocycles. The maximum absolute atomic E-state index is 14.4. The highest BCUT2D eigenvalue weighted by atomic mass is 31.2. The van der Waals surface area contributed by atoms with Crippen molar-refractivity contribution < 1.29 is 32.7 Å². The van der Waals surface area contributed by atoms with Crippen LogP contribution in [-0.4, -0.2) is 29.7 Å². The molecule has 0 heterocycles. The minimum Gasteiger partial charge on any atom is -0.445 e. The Hall–Kier alpha value is -4.30. The van der Waals surface area contributed by atoms with Crippen LogP contribution in [0.15, 0.2) is 91.0 Å². The van der Waals surface area contributed by atoms with Crippen LogP contribution >= 0.6 is 7.60 Å². The van der Waals surface area contributed by atoms with E-state index in [2.05, 4.69) is 10.6 Å². The third-order valence-corrected chi connectivity index (χ3v) is 7.92. The van der Waals surface area contributed by atoms with Crippen LogP contribution in [0.5, 0.6) is 11.5 Å². The Balaban J connectivity index is 1.84. The number of hydrogen-bond acceptors (Lipinski definition) is 7. The standard InChI is InChI=1S/C30H36N3O7P/c1-22(2)20-26(32-30(36)38-21-23-12-6-3-7-13-23)29(35)33-28(19-18-27(31)34)41(37,39-24-14-8-4-9-15-24)40-25-16-10-5-11-17-25/h3-17,22,26,28H,18-21H2,1-2H3,(H2,31,34)(H,32,36)(H,33,35). The Labute approximate surface area is 240 Å². The molecule has 3 aromatic carbocycles. The van der Waals surface area contributed by atoms with Gasteiger partial charge in [-0.05, 0) is 48.6 Å². The average Bonchev–Trinajstić information content (AvgIpc) is 2.95. The maximum atomic E-state index is 14.4. The Kier molecular flexibility index (Phi) is 11.8. The van der Waals surface area contributed by atoms with Gasteiger partial charge in [-0.25, -0.2) is 9.36 Å². The molecule has 3 rings (SSSR count). The average molecular weight is 582 g/mol. The molecule has 218 valence electrons. The van der Waals surface area contributed by atoms with Gasteiger partial charge in [0.15, 0.2) is 5.78 Å². The molecule has 0 bridgehead atoms. The smallest absolute Gasteiger partial charge is 0.445 e. The fourth-order valence-corrected chi connectivity index (χ4v) is 5.72. The summed E-state index contributed by atoms with van der Waals surface area (Å²) in [5, 5.41) is 5.31. The number of carbonyl (C=O) groups excluding carboxylic acids is 3. The third-order valence-electron chi connectivity index (χ3n) is 5.83. The van der Waals surface area contributed by atoms with E-state index in [0.717, 1.165) is 5.56 Å². The number of alkyl carbamates (subject to hydrolysis) is 1. The normalized spacial score (nSPS) is 12.6. The van der Waals surface area contributed by atoms with Gasteiger partial charge in [-0.2, -0.15) is 0 Å². The first-order chi connectivity index (χ1) is 19.6. The summed E-state index contributed by atoms with van der Waals surface area (Å²) in [4.78, 5) is 37.9. The van der Waals surface area contributed by atoms with E-state index in [4.69, 9.17) is 19.5 Å². The third kappa shape index (κ3) is 10.7. The van der Waals surface area contributed by atoms with Crippen molar-refractivity contribution >= 4 is 25.5 Å². The molecule has 0 radical (unpaired) electrons. The van der Waals surface area contributed by atoms with E-state index in [1.165, 1.54) is 0 Å². The molecule has 11 heteroatoms. The first kappa shape index (κ1) is 31.2. The van der Waals surface area contributed by atoms with Crippen molar-refractivity contribution in [2.45, 2.75) is 51.5 Å². The number of nitrogens with one attached hydrogen (secondary N) is 2. The first-order valence-electron chi connectivity index (χ1n) is 13.3. The van der Waals surface area contributed by atoms with Crippen molar-refractivity contribution in [3.05, 3.63) is 96.6 Å². The van der Waals surface area contributed by atoms with Crippen LogP contribution in [-0.2, 0) is 25.5 Å². The predicted molar refractivity (Wildman–Crippen MR) is 155 cm³/mol. The summed E-state index contributed by atoms with van der Waals surface area (Å²) in [7, 11) is -4.23. The minimum absolute atomic E-state index is 0.0113. The van der Waals surface area contributed by atoms with E-state index in [1.807, 2.05) is 44.2 Å². The van der Waals surface area contributed by atoms with Gasteiger partial charge in [0.05, 0.1) is 0 Å². The van der Waals surface area contributed by atoms with Crippen LogP contribution < -0.4 is 25.4 Å². The number of para-hydroxylation sites is 2. The van der Waals surface area contributed by atoms with E-state index in [0.29, 0.717) is 0 Å². The molecular weight excluding hydrogens is 545 g/mol. The van der Waals surface area contributed by atoms with E-state index >= 15 is 0 Å². The quantitative estimate of drug-likeness (QED) is 0.204. The molecule has 0 fully saturated rings. The topological polar surface area (TPSA) is 146 Å². The molecular formula is C30H36N3O7P. The number of ether oxygens (including phenoxy) is 1. The number of rotatable bonds is 15. The summed E-state index contributed by atoms with van der Waals surface area (Å²) < 4.78 is 31.5. The molecule has 41 heavy (non-hydrogen) atoms. The first-order valence-corrected chi connectivity index (χ1v) is 14.9. The molecule has 3 amide bonds. The summed E-state index contributed by atoms with van der Waals surface area (Å²) >= 11 is 0. The maximum Gasteiger partial charge on any atom is 0.452 e. The molecule has 2 unspecified atom stereocenters. The van der Waals surface area contributed by atoms with Gasteiger partial charge in [0.2, 0.25) is 11.8 Å². The van der Waals surface area contributed by atoms with E-state index in [-0.39, 0.29) is 43.3 Å². The fourth-order valence-electron chi connectivity index (χ4n) is 3.87. The Morgan fingerprint density at radius 2 is 1.32 bits per heavy atom. The summed E-state index contributed by atoms with van der Waals surface area (Å²) in [6.45, 7) is 3.81. The van der Waals surface area contributed by atoms with E-state index in [9.17, 15) is 18.9 Å². The largest absolute Gasteiger partial charge is 0.452 e. The molecule has 10 nitrogen and oxygen atoms in total. The predicted octanol–water partition coefficient (Wildman–Crippen LogP) is 5.39. The molecule has 0 aliphatic heterocycles. The van der Waals surface area contributed by atoms with E-state index < -0.39 is 37.3 Å². The van der Waals surface area contributed by atoms with Gasteiger partial charge in [0, 0.05) is 6.42 Å². The molecule has 0 spiro atoms. The molecule has 0 aliphatic carbocycles. The van der Waals surface area contributed by atoms with Gasteiger partial charge in [-0.15, -0.1) is 0 Å². The van der Waals surface area contributed by atoms with Gasteiger partial charge in [-0.3, -0.25) is 9.59 Å². The molecule has 3 aromatic rings. The summed E-state index contributed by atoms with van der Waals surface area (Å²) in [6.07, 6.45) is -0.858. The Morgan fingerprint density at radius 3 is 1.80 bits per heavy atom. The lowest BCUT2D eigenvalue weighted by atomic mass is 10.0.